The van der Waals surface area contributed by atoms with Crippen LogP contribution in [0.15, 0.2) is 9.00 Å². The average molecular weight is 250 g/mol. The van der Waals surface area contributed by atoms with E-state index >= 15 is 0 Å². The van der Waals surface area contributed by atoms with Crippen LogP contribution in [-0.2, 0) is 14.9 Å². The molecule has 1 saturated heterocycles. The smallest absolute Gasteiger partial charge is 0.305 e. The molecule has 2 heterocycles. The molecule has 0 radical (unpaired) electrons. The first-order chi connectivity index (χ1) is 7.01. The van der Waals surface area contributed by atoms with Crippen LogP contribution in [-0.4, -0.2) is 31.0 Å². The monoisotopic (exact) mass is 250 g/mol. The molecular weight excluding hydrogens is 240 g/mol. The quantitative estimate of drug-likeness (QED) is 0.805. The van der Waals surface area contributed by atoms with Gasteiger partial charge in [0.2, 0.25) is 0 Å². The van der Waals surface area contributed by atoms with E-state index in [1.54, 1.807) is 6.92 Å². The van der Waals surface area contributed by atoms with Crippen LogP contribution in [0.3, 0.4) is 0 Å². The molecule has 0 amide bonds. The minimum Gasteiger partial charge on any atom is -0.315 e. The van der Waals surface area contributed by atoms with Crippen molar-refractivity contribution >= 4 is 21.4 Å². The number of H-pyrrole nitrogens is 1. The largest absolute Gasteiger partial charge is 0.315 e. The van der Waals surface area contributed by atoms with Crippen molar-refractivity contribution in [3.63, 3.8) is 0 Å². The van der Waals surface area contributed by atoms with Crippen molar-refractivity contribution in [1.29, 1.82) is 0 Å². The second-order valence-corrected chi connectivity index (χ2v) is 6.15. The molecule has 8 heteroatoms. The molecule has 15 heavy (non-hydrogen) atoms. The average Bonchev–Trinajstić information content (AvgIpc) is 2.74. The zero-order chi connectivity index (χ0) is 11.1. The molecule has 84 valence electrons. The van der Waals surface area contributed by atoms with E-state index in [4.69, 9.17) is 4.84 Å². The SMILES string of the molecule is Cc1[nH]c(=O)sc1S(=O)(=O)N1CCCO1. The Morgan fingerprint density at radius 1 is 1.53 bits per heavy atom. The standard InChI is InChI=1S/C7H10N2O4S2/c1-5-6(14-7(10)8-5)15(11,12)9-3-2-4-13-9/h2-4H2,1H3,(H,8,10). The number of hydroxylamine groups is 1. The lowest BCUT2D eigenvalue weighted by molar-refractivity contribution is -0.0283. The molecule has 2 rings (SSSR count). The van der Waals surface area contributed by atoms with Crippen molar-refractivity contribution < 1.29 is 13.3 Å². The van der Waals surface area contributed by atoms with Gasteiger partial charge in [0.1, 0.15) is 0 Å². The van der Waals surface area contributed by atoms with Crippen molar-refractivity contribution in [3.8, 4) is 0 Å². The molecule has 0 aliphatic carbocycles. The molecule has 1 aliphatic rings. The van der Waals surface area contributed by atoms with Crippen LogP contribution in [0.25, 0.3) is 0 Å². The first-order valence-electron chi connectivity index (χ1n) is 4.37. The van der Waals surface area contributed by atoms with Gasteiger partial charge < -0.3 is 4.98 Å². The van der Waals surface area contributed by atoms with Gasteiger partial charge in [0, 0.05) is 12.2 Å². The van der Waals surface area contributed by atoms with Gasteiger partial charge in [0.05, 0.1) is 6.61 Å². The second kappa shape index (κ2) is 3.71. The second-order valence-electron chi connectivity index (χ2n) is 3.15. The Balaban J connectivity index is 2.45. The number of aromatic amines is 1. The third-order valence-electron chi connectivity index (χ3n) is 2.00. The fourth-order valence-electron chi connectivity index (χ4n) is 1.34. The molecule has 6 nitrogen and oxygen atoms in total. The minimum atomic E-state index is -3.65. The van der Waals surface area contributed by atoms with Gasteiger partial charge in [0.15, 0.2) is 4.21 Å². The number of nitrogens with one attached hydrogen (secondary N) is 1. The van der Waals surface area contributed by atoms with E-state index in [-0.39, 0.29) is 9.08 Å². The van der Waals surface area contributed by atoms with Gasteiger partial charge in [-0.05, 0) is 13.3 Å². The highest BCUT2D eigenvalue weighted by Gasteiger charge is 2.31. The Kier molecular flexibility index (Phi) is 2.67. The summed E-state index contributed by atoms with van der Waals surface area (Å²) in [6.45, 7) is 2.30. The molecule has 0 saturated carbocycles. The van der Waals surface area contributed by atoms with Crippen LogP contribution in [0.2, 0.25) is 0 Å². The van der Waals surface area contributed by atoms with E-state index in [2.05, 4.69) is 4.98 Å². The fourth-order valence-corrected chi connectivity index (χ4v) is 4.02. The van der Waals surface area contributed by atoms with Crippen LogP contribution in [0.1, 0.15) is 12.1 Å². The van der Waals surface area contributed by atoms with Crippen molar-refractivity contribution in [2.24, 2.45) is 0 Å². The van der Waals surface area contributed by atoms with E-state index in [1.807, 2.05) is 0 Å². The maximum atomic E-state index is 11.9. The minimum absolute atomic E-state index is 0.0365. The summed E-state index contributed by atoms with van der Waals surface area (Å²) in [4.78, 5) is 18.1. The molecular formula is C7H10N2O4S2. The molecule has 1 aromatic rings. The highest BCUT2D eigenvalue weighted by molar-refractivity contribution is 7.91. The molecule has 1 aromatic heterocycles. The van der Waals surface area contributed by atoms with Crippen molar-refractivity contribution in [1.82, 2.24) is 9.45 Å². The lowest BCUT2D eigenvalue weighted by atomic mass is 10.5. The first kappa shape index (κ1) is 10.8. The lowest BCUT2D eigenvalue weighted by Gasteiger charge is -2.12. The van der Waals surface area contributed by atoms with Crippen molar-refractivity contribution in [3.05, 3.63) is 15.4 Å². The van der Waals surface area contributed by atoms with Crippen molar-refractivity contribution in [2.75, 3.05) is 13.2 Å². The first-order valence-corrected chi connectivity index (χ1v) is 6.63. The summed E-state index contributed by atoms with van der Waals surface area (Å²) in [5.74, 6) is 0. The molecule has 0 bridgehead atoms. The Bertz CT molecular complexity index is 509. The number of hydrogen-bond donors (Lipinski definition) is 1. The number of aromatic nitrogens is 1. The van der Waals surface area contributed by atoms with Crippen LogP contribution in [0.5, 0.6) is 0 Å². The van der Waals surface area contributed by atoms with E-state index in [0.717, 1.165) is 4.47 Å². The van der Waals surface area contributed by atoms with E-state index in [9.17, 15) is 13.2 Å². The number of thiazole rings is 1. The predicted octanol–water partition coefficient (Wildman–Crippen LogP) is 0.0708. The van der Waals surface area contributed by atoms with Gasteiger partial charge in [0.25, 0.3) is 10.0 Å². The Morgan fingerprint density at radius 3 is 2.73 bits per heavy atom. The van der Waals surface area contributed by atoms with Crippen LogP contribution in [0, 0.1) is 6.92 Å². The summed E-state index contributed by atoms with van der Waals surface area (Å²) >= 11 is 0.687. The topological polar surface area (TPSA) is 79.5 Å². The summed E-state index contributed by atoms with van der Waals surface area (Å²) in [5.41, 5.74) is 0.362. The predicted molar refractivity (Wildman–Crippen MR) is 54.1 cm³/mol. The van der Waals surface area contributed by atoms with Crippen molar-refractivity contribution in [2.45, 2.75) is 17.6 Å². The molecule has 1 N–H and O–H groups in total. The van der Waals surface area contributed by atoms with Gasteiger partial charge in [-0.25, -0.2) is 8.42 Å². The Morgan fingerprint density at radius 2 is 2.27 bits per heavy atom. The number of rotatable bonds is 2. The molecule has 1 aliphatic heterocycles. The zero-order valence-corrected chi connectivity index (χ0v) is 9.65. The number of hydrogen-bond acceptors (Lipinski definition) is 5. The van der Waals surface area contributed by atoms with Gasteiger partial charge in [-0.3, -0.25) is 9.63 Å². The fraction of sp³-hybridized carbons (Fsp3) is 0.571. The van der Waals surface area contributed by atoms with Crippen LogP contribution < -0.4 is 4.87 Å². The maximum absolute atomic E-state index is 11.9. The molecule has 0 aromatic carbocycles. The number of nitrogens with zero attached hydrogens (tertiary/aromatic N) is 1. The highest BCUT2D eigenvalue weighted by atomic mass is 32.2. The number of aryl methyl sites for hydroxylation is 1. The summed E-state index contributed by atoms with van der Waals surface area (Å²) in [5, 5.41) is 0. The molecule has 0 atom stereocenters. The summed E-state index contributed by atoms with van der Waals surface area (Å²) in [7, 11) is -3.65. The summed E-state index contributed by atoms with van der Waals surface area (Å²) in [6, 6.07) is 0. The Hall–Kier alpha value is -0.700. The van der Waals surface area contributed by atoms with Gasteiger partial charge in [-0.15, -0.1) is 0 Å². The van der Waals surface area contributed by atoms with Gasteiger partial charge in [-0.1, -0.05) is 15.8 Å². The maximum Gasteiger partial charge on any atom is 0.305 e. The van der Waals surface area contributed by atoms with Crippen LogP contribution >= 0.6 is 11.3 Å². The summed E-state index contributed by atoms with van der Waals surface area (Å²) < 4.78 is 24.8. The molecule has 0 unspecified atom stereocenters. The lowest BCUT2D eigenvalue weighted by Crippen LogP contribution is -2.26. The highest BCUT2D eigenvalue weighted by Crippen LogP contribution is 2.23. The molecule has 0 spiro atoms. The van der Waals surface area contributed by atoms with Crippen LogP contribution in [0.4, 0.5) is 0 Å². The summed E-state index contributed by atoms with van der Waals surface area (Å²) in [6.07, 6.45) is 0.678. The number of sulfonamides is 1. The van der Waals surface area contributed by atoms with Gasteiger partial charge >= 0.3 is 4.87 Å². The van der Waals surface area contributed by atoms with E-state index in [0.29, 0.717) is 36.6 Å². The third kappa shape index (κ3) is 1.85. The molecule has 1 fully saturated rings. The van der Waals surface area contributed by atoms with E-state index in [1.165, 1.54) is 0 Å². The van der Waals surface area contributed by atoms with Gasteiger partial charge in [-0.2, -0.15) is 0 Å². The normalized spacial score (nSPS) is 18.5. The Labute approximate surface area is 90.5 Å². The third-order valence-corrected chi connectivity index (χ3v) is 5.26. The zero-order valence-electron chi connectivity index (χ0n) is 8.02. The van der Waals surface area contributed by atoms with E-state index < -0.39 is 10.0 Å².